The topological polar surface area (TPSA) is 50.7 Å². The van der Waals surface area contributed by atoms with Gasteiger partial charge < -0.3 is 5.73 Å². The average Bonchev–Trinajstić information content (AvgIpc) is 2.33. The van der Waals surface area contributed by atoms with Crippen molar-refractivity contribution in [2.24, 2.45) is 10.2 Å². The van der Waals surface area contributed by atoms with E-state index in [9.17, 15) is 0 Å². The summed E-state index contributed by atoms with van der Waals surface area (Å²) in [4.78, 5) is 0. The zero-order valence-corrected chi connectivity index (χ0v) is 10.1. The fraction of sp³-hybridized carbons (Fsp3) is 0.0769. The first kappa shape index (κ1) is 11.6. The Morgan fingerprint density at radius 2 is 1.53 bits per heavy atom. The van der Waals surface area contributed by atoms with E-state index in [-0.39, 0.29) is 0 Å². The monoisotopic (exact) mass is 245 g/mol. The number of anilines is 1. The average molecular weight is 246 g/mol. The molecule has 0 unspecified atom stereocenters. The van der Waals surface area contributed by atoms with Gasteiger partial charge in [-0.3, -0.25) is 0 Å². The molecule has 0 heterocycles. The van der Waals surface area contributed by atoms with Gasteiger partial charge >= 0.3 is 0 Å². The Labute approximate surface area is 105 Å². The Bertz CT molecular complexity index is 547. The van der Waals surface area contributed by atoms with Crippen LogP contribution in [0.15, 0.2) is 52.7 Å². The van der Waals surface area contributed by atoms with Crippen LogP contribution in [0.2, 0.25) is 5.02 Å². The van der Waals surface area contributed by atoms with Gasteiger partial charge in [0.05, 0.1) is 11.4 Å². The predicted molar refractivity (Wildman–Crippen MR) is 71.2 cm³/mol. The van der Waals surface area contributed by atoms with E-state index in [1.807, 2.05) is 31.2 Å². The quantitative estimate of drug-likeness (QED) is 0.608. The Balaban J connectivity index is 2.20. The van der Waals surface area contributed by atoms with Crippen LogP contribution < -0.4 is 5.73 Å². The minimum atomic E-state index is 0.693. The number of hydrogen-bond acceptors (Lipinski definition) is 3. The summed E-state index contributed by atoms with van der Waals surface area (Å²) in [7, 11) is 0. The smallest absolute Gasteiger partial charge is 0.0872 e. The van der Waals surface area contributed by atoms with Crippen LogP contribution in [0.1, 0.15) is 5.56 Å². The van der Waals surface area contributed by atoms with Crippen molar-refractivity contribution in [2.45, 2.75) is 6.92 Å². The molecule has 2 N–H and O–H groups in total. The highest BCUT2D eigenvalue weighted by molar-refractivity contribution is 6.31. The lowest BCUT2D eigenvalue weighted by molar-refractivity contribution is 1.23. The third kappa shape index (κ3) is 3.04. The number of nitrogens with zero attached hydrogens (tertiary/aromatic N) is 2. The van der Waals surface area contributed by atoms with Crippen LogP contribution in [0.4, 0.5) is 17.1 Å². The van der Waals surface area contributed by atoms with E-state index in [0.29, 0.717) is 10.7 Å². The largest absolute Gasteiger partial charge is 0.399 e. The molecule has 17 heavy (non-hydrogen) atoms. The standard InChI is InChI=1S/C13H12ClN3/c1-9-2-5-12(8-13(9)14)17-16-11-6-3-10(15)4-7-11/h2-8H,15H2,1H3. The number of nitrogens with two attached hydrogens (primary N) is 1. The highest BCUT2D eigenvalue weighted by Gasteiger charge is 1.96. The molecule has 0 saturated heterocycles. The van der Waals surface area contributed by atoms with Crippen molar-refractivity contribution in [3.63, 3.8) is 0 Å². The Morgan fingerprint density at radius 1 is 0.941 bits per heavy atom. The second kappa shape index (κ2) is 4.97. The van der Waals surface area contributed by atoms with Crippen molar-refractivity contribution in [1.29, 1.82) is 0 Å². The van der Waals surface area contributed by atoms with E-state index >= 15 is 0 Å². The maximum absolute atomic E-state index is 6.00. The lowest BCUT2D eigenvalue weighted by Crippen LogP contribution is -1.80. The molecule has 0 radical (unpaired) electrons. The van der Waals surface area contributed by atoms with Crippen molar-refractivity contribution in [3.05, 3.63) is 53.1 Å². The third-order valence-electron chi connectivity index (χ3n) is 2.33. The maximum atomic E-state index is 6.00. The van der Waals surface area contributed by atoms with E-state index in [0.717, 1.165) is 16.9 Å². The molecule has 2 aromatic carbocycles. The van der Waals surface area contributed by atoms with Crippen molar-refractivity contribution >= 4 is 28.7 Å². The van der Waals surface area contributed by atoms with Crippen LogP contribution in [0, 0.1) is 6.92 Å². The summed E-state index contributed by atoms with van der Waals surface area (Å²) < 4.78 is 0. The van der Waals surface area contributed by atoms with Crippen molar-refractivity contribution < 1.29 is 0 Å². The molecular weight excluding hydrogens is 234 g/mol. The van der Waals surface area contributed by atoms with Crippen LogP contribution in [-0.2, 0) is 0 Å². The molecule has 3 nitrogen and oxygen atoms in total. The molecule has 86 valence electrons. The van der Waals surface area contributed by atoms with E-state index in [4.69, 9.17) is 17.3 Å². The molecule has 0 amide bonds. The number of azo groups is 1. The third-order valence-corrected chi connectivity index (χ3v) is 2.74. The van der Waals surface area contributed by atoms with Gasteiger partial charge in [-0.2, -0.15) is 10.2 Å². The van der Waals surface area contributed by atoms with Crippen LogP contribution in [0.5, 0.6) is 0 Å². The minimum Gasteiger partial charge on any atom is -0.399 e. The minimum absolute atomic E-state index is 0.693. The van der Waals surface area contributed by atoms with E-state index < -0.39 is 0 Å². The first-order valence-corrected chi connectivity index (χ1v) is 5.56. The molecule has 0 aromatic heterocycles. The van der Waals surface area contributed by atoms with Crippen molar-refractivity contribution in [1.82, 2.24) is 0 Å². The number of benzene rings is 2. The first-order valence-electron chi connectivity index (χ1n) is 5.18. The first-order chi connectivity index (χ1) is 8.15. The molecule has 4 heteroatoms. The van der Waals surface area contributed by atoms with Gasteiger partial charge in [-0.1, -0.05) is 17.7 Å². The molecule has 0 fully saturated rings. The zero-order chi connectivity index (χ0) is 12.3. The molecule has 0 atom stereocenters. The van der Waals surface area contributed by atoms with Crippen LogP contribution >= 0.6 is 11.6 Å². The number of halogens is 1. The molecule has 0 aliphatic rings. The van der Waals surface area contributed by atoms with Gasteiger partial charge in [0.2, 0.25) is 0 Å². The zero-order valence-electron chi connectivity index (χ0n) is 9.39. The van der Waals surface area contributed by atoms with Gasteiger partial charge in [0.1, 0.15) is 0 Å². The van der Waals surface area contributed by atoms with Crippen molar-refractivity contribution in [2.75, 3.05) is 5.73 Å². The Hall–Kier alpha value is -1.87. The summed E-state index contributed by atoms with van der Waals surface area (Å²) in [6, 6.07) is 12.8. The Morgan fingerprint density at radius 3 is 2.18 bits per heavy atom. The summed E-state index contributed by atoms with van der Waals surface area (Å²) in [5.74, 6) is 0. The lowest BCUT2D eigenvalue weighted by atomic mass is 10.2. The molecule has 0 aliphatic carbocycles. The molecule has 2 aromatic rings. The van der Waals surface area contributed by atoms with E-state index in [1.165, 1.54) is 0 Å². The summed E-state index contributed by atoms with van der Waals surface area (Å²) in [5, 5.41) is 8.90. The number of rotatable bonds is 2. The maximum Gasteiger partial charge on any atom is 0.0872 e. The normalized spacial score (nSPS) is 10.9. The van der Waals surface area contributed by atoms with Crippen molar-refractivity contribution in [3.8, 4) is 0 Å². The highest BCUT2D eigenvalue weighted by Crippen LogP contribution is 2.24. The SMILES string of the molecule is Cc1ccc(N=Nc2ccc(N)cc2)cc1Cl. The number of aryl methyl sites for hydroxylation is 1. The number of nitrogen functional groups attached to an aromatic ring is 1. The summed E-state index contributed by atoms with van der Waals surface area (Å²) in [6.07, 6.45) is 0. The molecule has 0 aliphatic heterocycles. The second-order valence-electron chi connectivity index (χ2n) is 3.73. The van der Waals surface area contributed by atoms with Gasteiger partial charge in [-0.05, 0) is 48.9 Å². The fourth-order valence-corrected chi connectivity index (χ4v) is 1.48. The van der Waals surface area contributed by atoms with Crippen LogP contribution in [0.3, 0.4) is 0 Å². The highest BCUT2D eigenvalue weighted by atomic mass is 35.5. The molecule has 0 spiro atoms. The summed E-state index contributed by atoms with van der Waals surface area (Å²) in [6.45, 7) is 1.95. The molecule has 0 bridgehead atoms. The fourth-order valence-electron chi connectivity index (χ4n) is 1.30. The lowest BCUT2D eigenvalue weighted by Gasteiger charge is -1.98. The predicted octanol–water partition coefficient (Wildman–Crippen LogP) is 4.65. The second-order valence-corrected chi connectivity index (χ2v) is 4.13. The van der Waals surface area contributed by atoms with E-state index in [2.05, 4.69) is 10.2 Å². The Kier molecular flexibility index (Phi) is 3.40. The van der Waals surface area contributed by atoms with Crippen LogP contribution in [-0.4, -0.2) is 0 Å². The van der Waals surface area contributed by atoms with Gasteiger partial charge in [-0.25, -0.2) is 0 Å². The van der Waals surface area contributed by atoms with Gasteiger partial charge in [0.25, 0.3) is 0 Å². The molecule has 2 rings (SSSR count). The van der Waals surface area contributed by atoms with Gasteiger partial charge in [0.15, 0.2) is 0 Å². The van der Waals surface area contributed by atoms with Gasteiger partial charge in [0, 0.05) is 10.7 Å². The number of hydrogen-bond donors (Lipinski definition) is 1. The van der Waals surface area contributed by atoms with Gasteiger partial charge in [-0.15, -0.1) is 0 Å². The summed E-state index contributed by atoms with van der Waals surface area (Å²) >= 11 is 6.00. The summed E-state index contributed by atoms with van der Waals surface area (Å²) in [5.41, 5.74) is 8.81. The molecular formula is C13H12ClN3. The van der Waals surface area contributed by atoms with E-state index in [1.54, 1.807) is 18.2 Å². The molecule has 0 saturated carbocycles. The van der Waals surface area contributed by atoms with Crippen LogP contribution in [0.25, 0.3) is 0 Å².